The van der Waals surface area contributed by atoms with Gasteiger partial charge in [0.05, 0.1) is 8.89 Å². The van der Waals surface area contributed by atoms with E-state index in [2.05, 4.69) is 28.6 Å². The fourth-order valence-electron chi connectivity index (χ4n) is 5.09. The Morgan fingerprint density at radius 1 is 1.14 bits per heavy atom. The minimum absolute atomic E-state index is 0.0269. The molecule has 4 N–H and O–H groups in total. The number of rotatable bonds is 10. The van der Waals surface area contributed by atoms with E-state index in [1.807, 2.05) is 30.3 Å². The van der Waals surface area contributed by atoms with E-state index in [4.69, 9.17) is 0 Å². The third kappa shape index (κ3) is 5.79. The lowest BCUT2D eigenvalue weighted by atomic mass is 9.93. The van der Waals surface area contributed by atoms with Crippen molar-refractivity contribution in [2.45, 2.75) is 50.6 Å². The van der Waals surface area contributed by atoms with E-state index in [-0.39, 0.29) is 18.6 Å². The molecule has 0 saturated carbocycles. The number of piperidine rings is 1. The van der Waals surface area contributed by atoms with Crippen LogP contribution in [0.1, 0.15) is 52.2 Å². The van der Waals surface area contributed by atoms with Crippen molar-refractivity contribution in [2.24, 2.45) is 5.92 Å². The maximum absolute atomic E-state index is 12.9. The van der Waals surface area contributed by atoms with Gasteiger partial charge in [0.1, 0.15) is 12.1 Å². The molecule has 0 aliphatic carbocycles. The summed E-state index contributed by atoms with van der Waals surface area (Å²) in [6.45, 7) is 6.22. The SMILES string of the molecule is C=C1c2ccccc2NC1C(=O)NC(CCC(=O)c1cc2cc(CCC3CCNCC3)sc2s1)C(=O)O. The van der Waals surface area contributed by atoms with Crippen LogP contribution in [-0.2, 0) is 16.0 Å². The molecule has 0 spiro atoms. The van der Waals surface area contributed by atoms with E-state index in [9.17, 15) is 19.5 Å². The van der Waals surface area contributed by atoms with Gasteiger partial charge in [-0.15, -0.1) is 22.7 Å². The Kier molecular flexibility index (Phi) is 7.73. The Morgan fingerprint density at radius 3 is 2.65 bits per heavy atom. The van der Waals surface area contributed by atoms with Gasteiger partial charge in [0.25, 0.3) is 0 Å². The highest BCUT2D eigenvalue weighted by atomic mass is 32.2. The summed E-state index contributed by atoms with van der Waals surface area (Å²) in [6.07, 6.45) is 4.85. The number of benzene rings is 1. The van der Waals surface area contributed by atoms with Crippen molar-refractivity contribution in [1.29, 1.82) is 0 Å². The van der Waals surface area contributed by atoms with Gasteiger partial charge in [-0.25, -0.2) is 4.79 Å². The molecule has 37 heavy (non-hydrogen) atoms. The molecule has 4 heterocycles. The Morgan fingerprint density at radius 2 is 1.92 bits per heavy atom. The number of para-hydroxylation sites is 1. The van der Waals surface area contributed by atoms with E-state index >= 15 is 0 Å². The first kappa shape index (κ1) is 25.6. The van der Waals surface area contributed by atoms with Crippen LogP contribution in [-0.4, -0.2) is 47.9 Å². The van der Waals surface area contributed by atoms with Gasteiger partial charge in [-0.05, 0) is 74.9 Å². The van der Waals surface area contributed by atoms with Gasteiger partial charge in [-0.2, -0.15) is 0 Å². The van der Waals surface area contributed by atoms with Crippen molar-refractivity contribution in [3.8, 4) is 0 Å². The summed E-state index contributed by atoms with van der Waals surface area (Å²) in [6, 6.07) is 9.66. The summed E-state index contributed by atoms with van der Waals surface area (Å²) in [4.78, 5) is 39.6. The van der Waals surface area contributed by atoms with Gasteiger partial charge in [0, 0.05) is 27.9 Å². The number of fused-ring (bicyclic) bond motifs is 2. The van der Waals surface area contributed by atoms with Crippen molar-refractivity contribution < 1.29 is 19.5 Å². The first-order chi connectivity index (χ1) is 17.9. The zero-order chi connectivity index (χ0) is 25.9. The van der Waals surface area contributed by atoms with E-state index in [1.54, 1.807) is 11.3 Å². The summed E-state index contributed by atoms with van der Waals surface area (Å²) >= 11 is 3.23. The highest BCUT2D eigenvalue weighted by molar-refractivity contribution is 7.39. The largest absolute Gasteiger partial charge is 0.480 e. The molecule has 1 aromatic carbocycles. The smallest absolute Gasteiger partial charge is 0.326 e. The number of carbonyl (C=O) groups excluding carboxylic acids is 2. The van der Waals surface area contributed by atoms with Crippen molar-refractivity contribution in [1.82, 2.24) is 10.6 Å². The Balaban J connectivity index is 1.15. The minimum Gasteiger partial charge on any atom is -0.480 e. The molecule has 1 fully saturated rings. The summed E-state index contributed by atoms with van der Waals surface area (Å²) in [5.74, 6) is -0.928. The van der Waals surface area contributed by atoms with Crippen molar-refractivity contribution in [3.63, 3.8) is 0 Å². The van der Waals surface area contributed by atoms with Crippen LogP contribution in [0.2, 0.25) is 0 Å². The molecule has 2 aliphatic rings. The lowest BCUT2D eigenvalue weighted by molar-refractivity contribution is -0.141. The van der Waals surface area contributed by atoms with Gasteiger partial charge in [0.2, 0.25) is 5.91 Å². The topological polar surface area (TPSA) is 108 Å². The fraction of sp³-hybridized carbons (Fsp3) is 0.393. The quantitative estimate of drug-likeness (QED) is 0.273. The van der Waals surface area contributed by atoms with Crippen LogP contribution in [0.15, 0.2) is 43.0 Å². The normalized spacial score (nSPS) is 18.4. The number of amides is 1. The zero-order valence-electron chi connectivity index (χ0n) is 20.5. The second-order valence-electron chi connectivity index (χ2n) is 9.81. The predicted octanol–water partition coefficient (Wildman–Crippen LogP) is 4.93. The van der Waals surface area contributed by atoms with E-state index in [0.717, 1.165) is 46.1 Å². The number of ketones is 1. The Labute approximate surface area is 224 Å². The average Bonchev–Trinajstić information content (AvgIpc) is 3.57. The number of hydrogen-bond acceptors (Lipinski definition) is 7. The molecule has 9 heteroatoms. The van der Waals surface area contributed by atoms with Crippen LogP contribution in [0.5, 0.6) is 0 Å². The van der Waals surface area contributed by atoms with Gasteiger partial charge in [-0.1, -0.05) is 24.8 Å². The first-order valence-electron chi connectivity index (χ1n) is 12.7. The van der Waals surface area contributed by atoms with Gasteiger partial charge in [-0.3, -0.25) is 9.59 Å². The third-order valence-corrected chi connectivity index (χ3v) is 9.75. The average molecular weight is 538 g/mol. The van der Waals surface area contributed by atoms with Crippen LogP contribution in [0, 0.1) is 5.92 Å². The van der Waals surface area contributed by atoms with E-state index in [0.29, 0.717) is 10.5 Å². The second-order valence-corrected chi connectivity index (χ2v) is 12.3. The van der Waals surface area contributed by atoms with Crippen LogP contribution in [0.3, 0.4) is 0 Å². The molecular weight excluding hydrogens is 506 g/mol. The summed E-state index contributed by atoms with van der Waals surface area (Å²) in [5.41, 5.74) is 2.24. The van der Waals surface area contributed by atoms with Crippen LogP contribution < -0.4 is 16.0 Å². The highest BCUT2D eigenvalue weighted by Gasteiger charge is 2.33. The molecule has 2 atom stereocenters. The number of anilines is 1. The molecule has 2 aromatic heterocycles. The lowest BCUT2D eigenvalue weighted by Gasteiger charge is -2.22. The van der Waals surface area contributed by atoms with Crippen LogP contribution in [0.25, 0.3) is 15.0 Å². The van der Waals surface area contributed by atoms with Crippen LogP contribution in [0.4, 0.5) is 5.69 Å². The monoisotopic (exact) mass is 537 g/mol. The Bertz CT molecular complexity index is 1310. The number of Topliss-reactive ketones (excluding diaryl/α,β-unsaturated/α-hetero) is 1. The van der Waals surface area contributed by atoms with Crippen LogP contribution >= 0.6 is 22.7 Å². The highest BCUT2D eigenvalue weighted by Crippen LogP contribution is 2.36. The maximum atomic E-state index is 12.9. The molecule has 194 valence electrons. The maximum Gasteiger partial charge on any atom is 0.326 e. The number of thiophene rings is 2. The van der Waals surface area contributed by atoms with Crippen molar-refractivity contribution in [3.05, 3.63) is 58.3 Å². The summed E-state index contributed by atoms with van der Waals surface area (Å²) in [7, 11) is 0. The van der Waals surface area contributed by atoms with Gasteiger partial charge < -0.3 is 21.1 Å². The second kappa shape index (κ2) is 11.2. The molecule has 0 radical (unpaired) electrons. The number of carbonyl (C=O) groups is 3. The van der Waals surface area contributed by atoms with Gasteiger partial charge in [0.15, 0.2) is 5.78 Å². The molecule has 1 amide bonds. The molecule has 3 aromatic rings. The van der Waals surface area contributed by atoms with E-state index in [1.165, 1.54) is 35.5 Å². The molecule has 2 aliphatic heterocycles. The Hall–Kier alpha value is -3.01. The molecule has 1 saturated heterocycles. The molecule has 5 rings (SSSR count). The zero-order valence-corrected chi connectivity index (χ0v) is 22.2. The van der Waals surface area contributed by atoms with Crippen molar-refractivity contribution in [2.75, 3.05) is 18.4 Å². The number of aryl methyl sites for hydroxylation is 1. The first-order valence-corrected chi connectivity index (χ1v) is 14.4. The molecule has 2 unspecified atom stereocenters. The fourth-order valence-corrected chi connectivity index (χ4v) is 7.56. The number of nitrogens with one attached hydrogen (secondary N) is 3. The number of carboxylic acids is 1. The summed E-state index contributed by atoms with van der Waals surface area (Å²) in [5, 5.41) is 19.9. The minimum atomic E-state index is -1.16. The standard InChI is InChI=1S/C28H31N3O4S2/c1-16-20-4-2-3-5-21(20)30-25(16)26(33)31-22(27(34)35)8-9-23(32)24-15-18-14-19(36-28(18)37-24)7-6-17-10-12-29-13-11-17/h2-5,14-15,17,22,25,29-30H,1,6-13H2,(H,31,33)(H,34,35). The number of carboxylic acid groups (broad SMARTS) is 1. The summed E-state index contributed by atoms with van der Waals surface area (Å²) < 4.78 is 1.14. The van der Waals surface area contributed by atoms with Crippen molar-refractivity contribution >= 4 is 61.0 Å². The van der Waals surface area contributed by atoms with Gasteiger partial charge >= 0.3 is 5.97 Å². The third-order valence-electron chi connectivity index (χ3n) is 7.26. The molecular formula is C28H31N3O4S2. The molecule has 7 nitrogen and oxygen atoms in total. The molecule has 0 bridgehead atoms. The van der Waals surface area contributed by atoms with E-state index < -0.39 is 24.0 Å². The predicted molar refractivity (Wildman–Crippen MR) is 150 cm³/mol. The number of aliphatic carboxylic acids is 1. The lowest BCUT2D eigenvalue weighted by Crippen LogP contribution is -2.47. The number of hydrogen-bond donors (Lipinski definition) is 4.